The molecule has 2 heterocycles. The van der Waals surface area contributed by atoms with Crippen LogP contribution in [0.4, 0.5) is 5.82 Å². The summed E-state index contributed by atoms with van der Waals surface area (Å²) in [6.07, 6.45) is 3.76. The van der Waals surface area contributed by atoms with Gasteiger partial charge in [0, 0.05) is 31.9 Å². The highest BCUT2D eigenvalue weighted by Crippen LogP contribution is 2.17. The van der Waals surface area contributed by atoms with Crippen molar-refractivity contribution in [2.24, 2.45) is 0 Å². The van der Waals surface area contributed by atoms with E-state index in [0.717, 1.165) is 31.7 Å². The number of carbonyl (C=O) groups excluding carboxylic acids is 1. The van der Waals surface area contributed by atoms with Gasteiger partial charge in [-0.05, 0) is 45.1 Å². The maximum absolute atomic E-state index is 12.5. The number of pyridine rings is 1. The van der Waals surface area contributed by atoms with Crippen molar-refractivity contribution in [2.45, 2.75) is 18.9 Å². The number of nitrogens with one attached hydrogen (secondary N) is 1. The Morgan fingerprint density at radius 2 is 2.16 bits per heavy atom. The van der Waals surface area contributed by atoms with E-state index in [1.807, 2.05) is 11.9 Å². The first-order chi connectivity index (χ1) is 9.11. The van der Waals surface area contributed by atoms with Crippen LogP contribution in [0.1, 0.15) is 23.2 Å². The van der Waals surface area contributed by atoms with Gasteiger partial charge in [0.1, 0.15) is 5.82 Å². The Morgan fingerprint density at radius 1 is 1.47 bits per heavy atom. The third-order valence-corrected chi connectivity index (χ3v) is 3.82. The van der Waals surface area contributed by atoms with E-state index < -0.39 is 0 Å². The van der Waals surface area contributed by atoms with Gasteiger partial charge in [-0.1, -0.05) is 0 Å². The quantitative estimate of drug-likeness (QED) is 0.891. The molecule has 1 aliphatic heterocycles. The van der Waals surface area contributed by atoms with Gasteiger partial charge in [-0.25, -0.2) is 4.98 Å². The van der Waals surface area contributed by atoms with Crippen LogP contribution in [0.25, 0.3) is 0 Å². The molecular formula is C14H22N4O. The molecule has 0 saturated carbocycles. The summed E-state index contributed by atoms with van der Waals surface area (Å²) in [6.45, 7) is 2.11. The van der Waals surface area contributed by atoms with E-state index in [-0.39, 0.29) is 5.91 Å². The molecule has 1 N–H and O–H groups in total. The summed E-state index contributed by atoms with van der Waals surface area (Å²) in [5.41, 5.74) is 0.695. The molecular weight excluding hydrogens is 240 g/mol. The number of carbonyl (C=O) groups is 1. The Hall–Kier alpha value is -1.62. The number of piperidine rings is 1. The van der Waals surface area contributed by atoms with E-state index >= 15 is 0 Å². The lowest BCUT2D eigenvalue weighted by Gasteiger charge is -2.35. The standard InChI is InChI=1S/C14H22N4O/c1-15-13-10-11(4-7-16-13)14(19)18(3)12-5-8-17(2)9-6-12/h4,7,10,12H,5-6,8-9H2,1-3H3,(H,15,16). The lowest BCUT2D eigenvalue weighted by atomic mass is 10.0. The fourth-order valence-corrected chi connectivity index (χ4v) is 2.45. The maximum Gasteiger partial charge on any atom is 0.254 e. The van der Waals surface area contributed by atoms with E-state index in [1.165, 1.54) is 0 Å². The highest BCUT2D eigenvalue weighted by atomic mass is 16.2. The first kappa shape index (κ1) is 13.8. The molecule has 1 aliphatic rings. The van der Waals surface area contributed by atoms with Crippen LogP contribution in [0.5, 0.6) is 0 Å². The number of nitrogens with zero attached hydrogens (tertiary/aromatic N) is 3. The molecule has 1 aromatic rings. The second-order valence-electron chi connectivity index (χ2n) is 5.13. The van der Waals surface area contributed by atoms with Crippen LogP contribution in [0.15, 0.2) is 18.3 Å². The molecule has 0 radical (unpaired) electrons. The van der Waals surface area contributed by atoms with Crippen molar-refractivity contribution in [3.63, 3.8) is 0 Å². The molecule has 2 rings (SSSR count). The molecule has 1 aromatic heterocycles. The van der Waals surface area contributed by atoms with E-state index in [2.05, 4.69) is 22.2 Å². The molecule has 0 aliphatic carbocycles. The molecule has 1 amide bonds. The van der Waals surface area contributed by atoms with Gasteiger partial charge in [0.25, 0.3) is 5.91 Å². The predicted molar refractivity (Wildman–Crippen MR) is 76.4 cm³/mol. The number of hydrogen-bond donors (Lipinski definition) is 1. The molecule has 1 saturated heterocycles. The van der Waals surface area contributed by atoms with Gasteiger partial charge in [0.2, 0.25) is 0 Å². The Kier molecular flexibility index (Phi) is 4.37. The lowest BCUT2D eigenvalue weighted by Crippen LogP contribution is -2.44. The third-order valence-electron chi connectivity index (χ3n) is 3.82. The summed E-state index contributed by atoms with van der Waals surface area (Å²) in [7, 11) is 5.83. The van der Waals surface area contributed by atoms with E-state index in [1.54, 1.807) is 25.4 Å². The molecule has 0 atom stereocenters. The normalized spacial score (nSPS) is 17.2. The molecule has 0 spiro atoms. The Balaban J connectivity index is 2.05. The van der Waals surface area contributed by atoms with Gasteiger partial charge in [0.05, 0.1) is 0 Å². The van der Waals surface area contributed by atoms with Crippen molar-refractivity contribution >= 4 is 11.7 Å². The van der Waals surface area contributed by atoms with Crippen molar-refractivity contribution in [3.05, 3.63) is 23.9 Å². The fourth-order valence-electron chi connectivity index (χ4n) is 2.45. The third kappa shape index (κ3) is 3.23. The first-order valence-corrected chi connectivity index (χ1v) is 6.71. The Bertz CT molecular complexity index is 441. The number of rotatable bonds is 3. The first-order valence-electron chi connectivity index (χ1n) is 6.71. The van der Waals surface area contributed by atoms with Crippen LogP contribution in [0, 0.1) is 0 Å². The van der Waals surface area contributed by atoms with Crippen molar-refractivity contribution in [3.8, 4) is 0 Å². The van der Waals surface area contributed by atoms with E-state index in [4.69, 9.17) is 0 Å². The van der Waals surface area contributed by atoms with Crippen molar-refractivity contribution in [1.82, 2.24) is 14.8 Å². The number of likely N-dealkylation sites (tertiary alicyclic amines) is 1. The molecule has 19 heavy (non-hydrogen) atoms. The average Bonchev–Trinajstić information content (AvgIpc) is 2.46. The van der Waals surface area contributed by atoms with Crippen molar-refractivity contribution in [2.75, 3.05) is 39.5 Å². The molecule has 104 valence electrons. The highest BCUT2D eigenvalue weighted by Gasteiger charge is 2.24. The molecule has 5 heteroatoms. The second kappa shape index (κ2) is 6.02. The Labute approximate surface area is 114 Å². The number of aromatic nitrogens is 1. The fraction of sp³-hybridized carbons (Fsp3) is 0.571. The molecule has 0 aromatic carbocycles. The van der Waals surface area contributed by atoms with Gasteiger partial charge in [-0.3, -0.25) is 4.79 Å². The lowest BCUT2D eigenvalue weighted by molar-refractivity contribution is 0.0659. The minimum atomic E-state index is 0.0773. The molecule has 0 unspecified atom stereocenters. The maximum atomic E-state index is 12.5. The van der Waals surface area contributed by atoms with Crippen LogP contribution in [0.2, 0.25) is 0 Å². The summed E-state index contributed by atoms with van der Waals surface area (Å²) in [5, 5.41) is 2.96. The van der Waals surface area contributed by atoms with Crippen LogP contribution in [-0.2, 0) is 0 Å². The van der Waals surface area contributed by atoms with Crippen molar-refractivity contribution in [1.29, 1.82) is 0 Å². The number of anilines is 1. The number of hydrogen-bond acceptors (Lipinski definition) is 4. The second-order valence-corrected chi connectivity index (χ2v) is 5.13. The summed E-state index contributed by atoms with van der Waals surface area (Å²) in [5.74, 6) is 0.802. The summed E-state index contributed by atoms with van der Waals surface area (Å²) in [4.78, 5) is 20.8. The zero-order valence-corrected chi connectivity index (χ0v) is 11.9. The SMILES string of the molecule is CNc1cc(C(=O)N(C)C2CCN(C)CC2)ccn1. The smallest absolute Gasteiger partial charge is 0.254 e. The van der Waals surface area contributed by atoms with E-state index in [0.29, 0.717) is 11.6 Å². The summed E-state index contributed by atoms with van der Waals surface area (Å²) < 4.78 is 0. The zero-order valence-electron chi connectivity index (χ0n) is 11.9. The largest absolute Gasteiger partial charge is 0.373 e. The van der Waals surface area contributed by atoms with Crippen molar-refractivity contribution < 1.29 is 4.79 Å². The zero-order chi connectivity index (χ0) is 13.8. The van der Waals surface area contributed by atoms with Gasteiger partial charge in [-0.15, -0.1) is 0 Å². The Morgan fingerprint density at radius 3 is 2.79 bits per heavy atom. The molecule has 5 nitrogen and oxygen atoms in total. The van der Waals surface area contributed by atoms with E-state index in [9.17, 15) is 4.79 Å². The van der Waals surface area contributed by atoms with Crippen LogP contribution in [-0.4, -0.2) is 61.0 Å². The minimum Gasteiger partial charge on any atom is -0.373 e. The van der Waals surface area contributed by atoms with Crippen LogP contribution >= 0.6 is 0 Å². The summed E-state index contributed by atoms with van der Waals surface area (Å²) >= 11 is 0. The number of amides is 1. The van der Waals surface area contributed by atoms with Gasteiger partial charge in [-0.2, -0.15) is 0 Å². The minimum absolute atomic E-state index is 0.0773. The van der Waals surface area contributed by atoms with Crippen LogP contribution in [0.3, 0.4) is 0 Å². The summed E-state index contributed by atoms with van der Waals surface area (Å²) in [6, 6.07) is 3.91. The topological polar surface area (TPSA) is 48.5 Å². The molecule has 1 fully saturated rings. The monoisotopic (exact) mass is 262 g/mol. The molecule has 0 bridgehead atoms. The van der Waals surface area contributed by atoms with Gasteiger partial charge in [0.15, 0.2) is 0 Å². The van der Waals surface area contributed by atoms with Gasteiger partial charge < -0.3 is 15.1 Å². The average molecular weight is 262 g/mol. The highest BCUT2D eigenvalue weighted by molar-refractivity contribution is 5.94. The predicted octanol–water partition coefficient (Wildman–Crippen LogP) is 1.29. The van der Waals surface area contributed by atoms with Gasteiger partial charge >= 0.3 is 0 Å². The van der Waals surface area contributed by atoms with Crippen LogP contribution < -0.4 is 5.32 Å².